The molecule has 0 aliphatic carbocycles. The van der Waals surface area contributed by atoms with Gasteiger partial charge in [0, 0.05) is 23.3 Å². The van der Waals surface area contributed by atoms with Crippen LogP contribution >= 0.6 is 11.6 Å². The van der Waals surface area contributed by atoms with Crippen molar-refractivity contribution >= 4 is 23.2 Å². The molecule has 4 nitrogen and oxygen atoms in total. The molecule has 1 amide bonds. The van der Waals surface area contributed by atoms with Gasteiger partial charge >= 0.3 is 0 Å². The van der Waals surface area contributed by atoms with Gasteiger partial charge in [-0.2, -0.15) is 0 Å². The van der Waals surface area contributed by atoms with Crippen LogP contribution in [0.5, 0.6) is 5.75 Å². The third-order valence-electron chi connectivity index (χ3n) is 2.88. The molecule has 0 aromatic heterocycles. The summed E-state index contributed by atoms with van der Waals surface area (Å²) in [6, 6.07) is 14.5. The van der Waals surface area contributed by atoms with Gasteiger partial charge in [0.25, 0.3) is 5.91 Å². The molecule has 0 atom stereocenters. The zero-order valence-electron chi connectivity index (χ0n) is 11.5. The van der Waals surface area contributed by atoms with Crippen LogP contribution in [0.1, 0.15) is 5.56 Å². The van der Waals surface area contributed by atoms with E-state index in [4.69, 9.17) is 22.1 Å². The Balaban J connectivity index is 1.69. The summed E-state index contributed by atoms with van der Waals surface area (Å²) < 4.78 is 5.36. The Kier molecular flexibility index (Phi) is 5.46. The average Bonchev–Trinajstić information content (AvgIpc) is 2.47. The highest BCUT2D eigenvalue weighted by Gasteiger charge is 2.03. The van der Waals surface area contributed by atoms with E-state index in [0.29, 0.717) is 23.0 Å². The number of benzene rings is 2. The molecule has 0 aliphatic rings. The standard InChI is InChI=1S/C16H17ClN2O2/c17-13-6-4-12(5-7-13)8-9-19-16(20)11-21-15-3-1-2-14(18)10-15/h1-7,10H,8-9,11,18H2,(H,19,20). The molecule has 0 radical (unpaired) electrons. The quantitative estimate of drug-likeness (QED) is 0.806. The first-order valence-electron chi connectivity index (χ1n) is 6.63. The van der Waals surface area contributed by atoms with Crippen molar-refractivity contribution in [1.82, 2.24) is 5.32 Å². The summed E-state index contributed by atoms with van der Waals surface area (Å²) in [5.41, 5.74) is 7.36. The lowest BCUT2D eigenvalue weighted by molar-refractivity contribution is -0.123. The van der Waals surface area contributed by atoms with E-state index in [2.05, 4.69) is 5.32 Å². The van der Waals surface area contributed by atoms with E-state index in [1.54, 1.807) is 24.3 Å². The summed E-state index contributed by atoms with van der Waals surface area (Å²) in [6.45, 7) is 0.533. The largest absolute Gasteiger partial charge is 0.484 e. The van der Waals surface area contributed by atoms with Crippen LogP contribution in [0.15, 0.2) is 48.5 Å². The molecule has 2 rings (SSSR count). The Bertz CT molecular complexity index is 599. The van der Waals surface area contributed by atoms with Gasteiger partial charge in [0.2, 0.25) is 0 Å². The first kappa shape index (κ1) is 15.2. The van der Waals surface area contributed by atoms with E-state index >= 15 is 0 Å². The predicted octanol–water partition coefficient (Wildman–Crippen LogP) is 2.66. The highest BCUT2D eigenvalue weighted by Crippen LogP contribution is 2.14. The van der Waals surface area contributed by atoms with Gasteiger partial charge in [-0.3, -0.25) is 4.79 Å². The van der Waals surface area contributed by atoms with E-state index in [0.717, 1.165) is 12.0 Å². The van der Waals surface area contributed by atoms with Gasteiger partial charge < -0.3 is 15.8 Å². The fourth-order valence-corrected chi connectivity index (χ4v) is 1.93. The van der Waals surface area contributed by atoms with Crippen LogP contribution in [0.3, 0.4) is 0 Å². The Hall–Kier alpha value is -2.20. The molecule has 5 heteroatoms. The molecule has 3 N–H and O–H groups in total. The van der Waals surface area contributed by atoms with Crippen molar-refractivity contribution in [2.45, 2.75) is 6.42 Å². The molecule has 0 saturated carbocycles. The molecule has 0 aliphatic heterocycles. The molecule has 110 valence electrons. The van der Waals surface area contributed by atoms with E-state index < -0.39 is 0 Å². The molecule has 0 fully saturated rings. The average molecular weight is 305 g/mol. The number of carbonyl (C=O) groups excluding carboxylic acids is 1. The van der Waals surface area contributed by atoms with Crippen molar-refractivity contribution in [2.24, 2.45) is 0 Å². The fourth-order valence-electron chi connectivity index (χ4n) is 1.80. The number of rotatable bonds is 6. The monoisotopic (exact) mass is 304 g/mol. The minimum Gasteiger partial charge on any atom is -0.484 e. The molecule has 0 heterocycles. The minimum absolute atomic E-state index is 0.0237. The molecule has 2 aromatic carbocycles. The maximum atomic E-state index is 11.7. The Labute approximate surface area is 128 Å². The molecule has 0 saturated heterocycles. The Morgan fingerprint density at radius 2 is 1.95 bits per heavy atom. The first-order valence-corrected chi connectivity index (χ1v) is 7.01. The number of hydrogen-bond donors (Lipinski definition) is 2. The summed E-state index contributed by atoms with van der Waals surface area (Å²) in [6.07, 6.45) is 0.751. The third-order valence-corrected chi connectivity index (χ3v) is 3.13. The van der Waals surface area contributed by atoms with Crippen molar-refractivity contribution < 1.29 is 9.53 Å². The van der Waals surface area contributed by atoms with Gasteiger partial charge in [0.1, 0.15) is 5.75 Å². The zero-order chi connectivity index (χ0) is 15.1. The number of nitrogens with one attached hydrogen (secondary N) is 1. The van der Waals surface area contributed by atoms with E-state index in [1.807, 2.05) is 24.3 Å². The van der Waals surface area contributed by atoms with Gasteiger partial charge in [-0.15, -0.1) is 0 Å². The molecule has 0 unspecified atom stereocenters. The number of anilines is 1. The second-order valence-electron chi connectivity index (χ2n) is 4.59. The first-order chi connectivity index (χ1) is 10.1. The zero-order valence-corrected chi connectivity index (χ0v) is 12.3. The molecule has 0 bridgehead atoms. The van der Waals surface area contributed by atoms with Crippen LogP contribution in [-0.2, 0) is 11.2 Å². The van der Waals surface area contributed by atoms with Crippen LogP contribution in [-0.4, -0.2) is 19.1 Å². The number of carbonyl (C=O) groups is 1. The van der Waals surface area contributed by atoms with Crippen LogP contribution < -0.4 is 15.8 Å². The van der Waals surface area contributed by atoms with Gasteiger partial charge in [0.05, 0.1) is 0 Å². The summed E-state index contributed by atoms with van der Waals surface area (Å²) in [5, 5.41) is 3.51. The summed E-state index contributed by atoms with van der Waals surface area (Å²) in [7, 11) is 0. The SMILES string of the molecule is Nc1cccc(OCC(=O)NCCc2ccc(Cl)cc2)c1. The number of amides is 1. The van der Waals surface area contributed by atoms with Crippen LogP contribution in [0.2, 0.25) is 5.02 Å². The third kappa shape index (κ3) is 5.36. The van der Waals surface area contributed by atoms with Crippen molar-refractivity contribution in [3.8, 4) is 5.75 Å². The number of hydrogen-bond acceptors (Lipinski definition) is 3. The minimum atomic E-state index is -0.161. The lowest BCUT2D eigenvalue weighted by atomic mass is 10.1. The molecule has 21 heavy (non-hydrogen) atoms. The Morgan fingerprint density at radius 3 is 2.67 bits per heavy atom. The van der Waals surface area contributed by atoms with E-state index in [9.17, 15) is 4.79 Å². The van der Waals surface area contributed by atoms with Crippen molar-refractivity contribution in [3.05, 3.63) is 59.1 Å². The predicted molar refractivity (Wildman–Crippen MR) is 84.5 cm³/mol. The van der Waals surface area contributed by atoms with Crippen LogP contribution in [0.25, 0.3) is 0 Å². The van der Waals surface area contributed by atoms with Crippen molar-refractivity contribution in [2.75, 3.05) is 18.9 Å². The van der Waals surface area contributed by atoms with Gasteiger partial charge in [-0.05, 0) is 36.2 Å². The lowest BCUT2D eigenvalue weighted by Gasteiger charge is -2.08. The van der Waals surface area contributed by atoms with Gasteiger partial charge in [-0.25, -0.2) is 0 Å². The van der Waals surface area contributed by atoms with Gasteiger partial charge in [0.15, 0.2) is 6.61 Å². The highest BCUT2D eigenvalue weighted by atomic mass is 35.5. The molecule has 0 spiro atoms. The summed E-state index contributed by atoms with van der Waals surface area (Å²) in [5.74, 6) is 0.425. The van der Waals surface area contributed by atoms with Gasteiger partial charge in [-0.1, -0.05) is 29.8 Å². The van der Waals surface area contributed by atoms with E-state index in [-0.39, 0.29) is 12.5 Å². The fraction of sp³-hybridized carbons (Fsp3) is 0.188. The number of ether oxygens (including phenoxy) is 1. The van der Waals surface area contributed by atoms with Crippen LogP contribution in [0.4, 0.5) is 5.69 Å². The normalized spacial score (nSPS) is 10.1. The second kappa shape index (κ2) is 7.55. The topological polar surface area (TPSA) is 64.3 Å². The molecular formula is C16H17ClN2O2. The van der Waals surface area contributed by atoms with Crippen molar-refractivity contribution in [3.63, 3.8) is 0 Å². The number of nitrogen functional groups attached to an aromatic ring is 1. The second-order valence-corrected chi connectivity index (χ2v) is 5.02. The maximum absolute atomic E-state index is 11.7. The van der Waals surface area contributed by atoms with Crippen molar-refractivity contribution in [1.29, 1.82) is 0 Å². The van der Waals surface area contributed by atoms with Crippen LogP contribution in [0, 0.1) is 0 Å². The molecular weight excluding hydrogens is 288 g/mol. The summed E-state index contributed by atoms with van der Waals surface area (Å²) in [4.78, 5) is 11.7. The number of nitrogens with two attached hydrogens (primary N) is 1. The summed E-state index contributed by atoms with van der Waals surface area (Å²) >= 11 is 5.81. The highest BCUT2D eigenvalue weighted by molar-refractivity contribution is 6.30. The van der Waals surface area contributed by atoms with E-state index in [1.165, 1.54) is 0 Å². The lowest BCUT2D eigenvalue weighted by Crippen LogP contribution is -2.30. The Morgan fingerprint density at radius 1 is 1.19 bits per heavy atom. The maximum Gasteiger partial charge on any atom is 0.257 e. The number of halogens is 1. The molecule has 2 aromatic rings. The smallest absolute Gasteiger partial charge is 0.257 e.